The Hall–Kier alpha value is -4.64. The van der Waals surface area contributed by atoms with Gasteiger partial charge in [0.1, 0.15) is 23.0 Å². The van der Waals surface area contributed by atoms with E-state index in [9.17, 15) is 18.2 Å². The number of aromatic amines is 1. The number of ether oxygens (including phenoxy) is 1. The molecule has 2 heterocycles. The maximum atomic E-state index is 13.9. The molecular formula is C26H24FN5O4S. The minimum absolute atomic E-state index is 0.0912. The highest BCUT2D eigenvalue weighted by molar-refractivity contribution is 7.98. The van der Waals surface area contributed by atoms with E-state index in [-0.39, 0.29) is 11.4 Å². The highest BCUT2D eigenvalue weighted by atomic mass is 32.2. The van der Waals surface area contributed by atoms with Crippen LogP contribution < -0.4 is 20.1 Å². The van der Waals surface area contributed by atoms with Gasteiger partial charge in [0.25, 0.3) is 5.91 Å². The molecule has 9 nitrogen and oxygen atoms in total. The van der Waals surface area contributed by atoms with Crippen LogP contribution in [0.4, 0.5) is 20.6 Å². The molecule has 0 aliphatic carbocycles. The summed E-state index contributed by atoms with van der Waals surface area (Å²) in [5, 5.41) is 5.13. The first-order valence-corrected chi connectivity index (χ1v) is 13.1. The Balaban J connectivity index is 1.39. The molecule has 1 atom stereocenters. The maximum absolute atomic E-state index is 13.9. The van der Waals surface area contributed by atoms with E-state index in [0.717, 1.165) is 5.56 Å². The van der Waals surface area contributed by atoms with E-state index in [1.54, 1.807) is 73.9 Å². The Labute approximate surface area is 213 Å². The molecule has 11 heteroatoms. The van der Waals surface area contributed by atoms with Crippen LogP contribution in [-0.2, 0) is 9.71 Å². The molecule has 1 unspecified atom stereocenters. The van der Waals surface area contributed by atoms with E-state index in [1.165, 1.54) is 12.3 Å². The van der Waals surface area contributed by atoms with Crippen molar-refractivity contribution in [2.75, 3.05) is 16.9 Å². The molecule has 0 bridgehead atoms. The first kappa shape index (κ1) is 25.5. The minimum Gasteiger partial charge on any atom is -0.457 e. The van der Waals surface area contributed by atoms with Gasteiger partial charge in [-0.05, 0) is 66.9 Å². The molecule has 0 spiro atoms. The molecule has 190 valence electrons. The van der Waals surface area contributed by atoms with E-state index in [4.69, 9.17) is 4.74 Å². The van der Waals surface area contributed by atoms with Crippen LogP contribution >= 0.6 is 0 Å². The van der Waals surface area contributed by atoms with Crippen LogP contribution in [-0.4, -0.2) is 38.2 Å². The molecule has 2 aromatic carbocycles. The lowest BCUT2D eigenvalue weighted by Crippen LogP contribution is -2.29. The Morgan fingerprint density at radius 1 is 1.03 bits per heavy atom. The van der Waals surface area contributed by atoms with E-state index in [2.05, 4.69) is 31.2 Å². The van der Waals surface area contributed by atoms with Crippen molar-refractivity contribution in [2.24, 2.45) is 0 Å². The number of rotatable bonds is 7. The number of aryl methyl sites for hydroxylation is 1. The van der Waals surface area contributed by atoms with Gasteiger partial charge in [-0.2, -0.15) is 0 Å². The number of carbonyl (C=O) groups is 2. The van der Waals surface area contributed by atoms with Crippen LogP contribution in [0.25, 0.3) is 11.3 Å². The molecule has 4 rings (SSSR count). The number of hydrogen-bond donors (Lipinski definition) is 4. The number of amides is 3. The number of urea groups is 1. The normalized spacial score (nSPS) is 12.3. The second kappa shape index (κ2) is 10.5. The molecule has 3 amide bonds. The van der Waals surface area contributed by atoms with Crippen molar-refractivity contribution in [3.05, 3.63) is 90.1 Å². The number of aromatic nitrogens is 2. The second-order valence-corrected chi connectivity index (χ2v) is 10.5. The number of benzene rings is 2. The number of hydrogen-bond acceptors (Lipinski definition) is 5. The quantitative estimate of drug-likeness (QED) is 0.256. The van der Waals surface area contributed by atoms with Crippen LogP contribution in [0.15, 0.2) is 73.1 Å². The smallest absolute Gasteiger partial charge is 0.323 e. The van der Waals surface area contributed by atoms with Crippen molar-refractivity contribution in [1.29, 1.82) is 0 Å². The van der Waals surface area contributed by atoms with Gasteiger partial charge in [-0.1, -0.05) is 6.07 Å². The molecule has 0 aliphatic heterocycles. The first-order valence-electron chi connectivity index (χ1n) is 11.0. The summed E-state index contributed by atoms with van der Waals surface area (Å²) in [6.07, 6.45) is 4.51. The number of halogens is 1. The molecule has 4 N–H and O–H groups in total. The molecule has 0 saturated heterocycles. The maximum Gasteiger partial charge on any atom is 0.323 e. The summed E-state index contributed by atoms with van der Waals surface area (Å²) < 4.78 is 33.8. The van der Waals surface area contributed by atoms with Gasteiger partial charge in [-0.15, -0.1) is 0 Å². The van der Waals surface area contributed by atoms with E-state index in [0.29, 0.717) is 28.4 Å². The lowest BCUT2D eigenvalue weighted by Gasteiger charge is -2.10. The second-order valence-electron chi connectivity index (χ2n) is 8.30. The summed E-state index contributed by atoms with van der Waals surface area (Å²) in [6.45, 7) is 1.80. The summed E-state index contributed by atoms with van der Waals surface area (Å²) >= 11 is 0. The van der Waals surface area contributed by atoms with Crippen molar-refractivity contribution in [3.8, 4) is 22.8 Å². The fourth-order valence-electron chi connectivity index (χ4n) is 3.32. The first-order chi connectivity index (χ1) is 17.6. The fraction of sp³-hybridized carbons (Fsp3) is 0.0769. The van der Waals surface area contributed by atoms with Crippen LogP contribution in [0.3, 0.4) is 0 Å². The number of anilines is 2. The Bertz CT molecular complexity index is 1570. The molecule has 0 radical (unpaired) electrons. The molecule has 0 saturated carbocycles. The summed E-state index contributed by atoms with van der Waals surface area (Å²) in [5.74, 6) is 3.36. The highest BCUT2D eigenvalue weighted by Gasteiger charge is 2.13. The monoisotopic (exact) mass is 521 g/mol. The minimum atomic E-state index is -2.69. The zero-order valence-corrected chi connectivity index (χ0v) is 20.8. The molecule has 2 aromatic heterocycles. The van der Waals surface area contributed by atoms with Gasteiger partial charge in [0.05, 0.1) is 11.4 Å². The SMILES string of the molecule is C=S(C)(=O)NC(=O)c1cc(-c2cc(Oc3ccc(NC(=O)Nc4cc(C)ccc4F)cc3)ccn2)c[nH]1. The lowest BCUT2D eigenvalue weighted by molar-refractivity contribution is 0.0978. The predicted octanol–water partition coefficient (Wildman–Crippen LogP) is 4.95. The summed E-state index contributed by atoms with van der Waals surface area (Å²) in [7, 11) is -2.69. The van der Waals surface area contributed by atoms with Crippen molar-refractivity contribution in [3.63, 3.8) is 0 Å². The van der Waals surface area contributed by atoms with Gasteiger partial charge in [-0.3, -0.25) is 14.5 Å². The van der Waals surface area contributed by atoms with Crippen molar-refractivity contribution >= 4 is 38.9 Å². The average molecular weight is 522 g/mol. The van der Waals surface area contributed by atoms with Crippen LogP contribution in [0.1, 0.15) is 16.1 Å². The molecule has 0 fully saturated rings. The summed E-state index contributed by atoms with van der Waals surface area (Å²) in [5.41, 5.74) is 2.81. The van der Waals surface area contributed by atoms with Gasteiger partial charge < -0.3 is 20.4 Å². The highest BCUT2D eigenvalue weighted by Crippen LogP contribution is 2.27. The number of pyridine rings is 1. The third-order valence-electron chi connectivity index (χ3n) is 4.98. The number of carbonyl (C=O) groups excluding carboxylic acids is 2. The number of nitrogens with zero attached hydrogens (tertiary/aromatic N) is 1. The van der Waals surface area contributed by atoms with Gasteiger partial charge in [-0.25, -0.2) is 13.4 Å². The summed E-state index contributed by atoms with van der Waals surface area (Å²) in [4.78, 5) is 31.5. The Morgan fingerprint density at radius 3 is 2.51 bits per heavy atom. The Kier molecular flexibility index (Phi) is 7.25. The van der Waals surface area contributed by atoms with Crippen LogP contribution in [0.5, 0.6) is 11.5 Å². The fourth-order valence-corrected chi connectivity index (χ4v) is 3.82. The van der Waals surface area contributed by atoms with Crippen LogP contribution in [0, 0.1) is 12.7 Å². The third-order valence-corrected chi connectivity index (χ3v) is 5.60. The standard InChI is InChI=1S/C26H24FN5O4S/c1-16-4-9-21(27)23(12-16)31-26(34)30-18-5-7-19(8-6-18)36-20-10-11-28-22(14-20)17-13-24(29-15-17)25(33)32-37(2,3)35/h4-15,29H,2H2,1,3H3,(H2,30,31,34)(H,32,33,35). The number of H-pyrrole nitrogens is 1. The van der Waals surface area contributed by atoms with E-state index >= 15 is 0 Å². The van der Waals surface area contributed by atoms with E-state index in [1.807, 2.05) is 0 Å². The average Bonchev–Trinajstić information content (AvgIpc) is 3.33. The van der Waals surface area contributed by atoms with Crippen LogP contribution in [0.2, 0.25) is 0 Å². The largest absolute Gasteiger partial charge is 0.457 e. The predicted molar refractivity (Wildman–Crippen MR) is 143 cm³/mol. The lowest BCUT2D eigenvalue weighted by atomic mass is 10.2. The van der Waals surface area contributed by atoms with Gasteiger partial charge in [0.2, 0.25) is 0 Å². The molecule has 37 heavy (non-hydrogen) atoms. The van der Waals surface area contributed by atoms with Crippen molar-refractivity contribution in [1.82, 2.24) is 14.7 Å². The zero-order valence-electron chi connectivity index (χ0n) is 20.0. The topological polar surface area (TPSA) is 125 Å². The van der Waals surface area contributed by atoms with Gasteiger partial charge in [0, 0.05) is 45.7 Å². The third kappa shape index (κ3) is 6.95. The van der Waals surface area contributed by atoms with Gasteiger partial charge in [0.15, 0.2) is 0 Å². The number of nitrogens with one attached hydrogen (secondary N) is 4. The molecular weight excluding hydrogens is 497 g/mol. The zero-order chi connectivity index (χ0) is 26.6. The van der Waals surface area contributed by atoms with Crippen molar-refractivity contribution < 1.29 is 22.9 Å². The Morgan fingerprint density at radius 2 is 1.78 bits per heavy atom. The molecule has 0 aliphatic rings. The summed E-state index contributed by atoms with van der Waals surface area (Å²) in [6, 6.07) is 15.5. The van der Waals surface area contributed by atoms with E-state index < -0.39 is 27.5 Å². The van der Waals surface area contributed by atoms with Gasteiger partial charge >= 0.3 is 6.03 Å². The van der Waals surface area contributed by atoms with Crippen molar-refractivity contribution in [2.45, 2.75) is 6.92 Å². The molecule has 4 aromatic rings.